The summed E-state index contributed by atoms with van der Waals surface area (Å²) in [5.74, 6) is -0.210. The lowest BCUT2D eigenvalue weighted by Gasteiger charge is -2.28. The number of phenolic OH excluding ortho intramolecular Hbond substituents is 1. The molecule has 1 N–H and O–H groups in total. The zero-order chi connectivity index (χ0) is 14.7. The van der Waals surface area contributed by atoms with Gasteiger partial charge in [-0.1, -0.05) is 18.5 Å². The zero-order valence-electron chi connectivity index (χ0n) is 12.0. The predicted molar refractivity (Wildman–Crippen MR) is 80.3 cm³/mol. The highest BCUT2D eigenvalue weighted by atomic mass is 35.5. The molecule has 1 amide bonds. The highest BCUT2D eigenvalue weighted by molar-refractivity contribution is 6.31. The average molecular weight is 297 g/mol. The summed E-state index contributed by atoms with van der Waals surface area (Å²) in [6.07, 6.45) is 2.30. The van der Waals surface area contributed by atoms with Crippen LogP contribution in [0.5, 0.6) is 5.75 Å². The Morgan fingerprint density at radius 1 is 1.55 bits per heavy atom. The zero-order valence-corrected chi connectivity index (χ0v) is 12.7. The van der Waals surface area contributed by atoms with Crippen molar-refractivity contribution in [1.29, 1.82) is 0 Å². The van der Waals surface area contributed by atoms with Crippen LogP contribution in [0.4, 0.5) is 0 Å². The number of amides is 1. The second-order valence-electron chi connectivity index (χ2n) is 5.27. The standard InChI is InChI=1S/C15H21ClN2O2/c1-3-18-8-4-5-12(18)10-17(2)15(20)13-9-11(16)6-7-14(13)19/h6-7,9,12,19H,3-5,8,10H2,1-2H3. The fourth-order valence-electron chi connectivity index (χ4n) is 2.80. The van der Waals surface area contributed by atoms with Gasteiger partial charge in [0.25, 0.3) is 5.91 Å². The SMILES string of the molecule is CCN1CCCC1CN(C)C(=O)c1cc(Cl)ccc1O. The molecule has 1 saturated heterocycles. The van der Waals surface area contributed by atoms with Crippen molar-refractivity contribution in [3.8, 4) is 5.75 Å². The summed E-state index contributed by atoms with van der Waals surface area (Å²) >= 11 is 5.89. The van der Waals surface area contributed by atoms with E-state index in [1.807, 2.05) is 0 Å². The Balaban J connectivity index is 2.07. The molecule has 0 saturated carbocycles. The normalized spacial score (nSPS) is 19.2. The summed E-state index contributed by atoms with van der Waals surface area (Å²) < 4.78 is 0. The predicted octanol–water partition coefficient (Wildman–Crippen LogP) is 2.60. The van der Waals surface area contributed by atoms with E-state index in [2.05, 4.69) is 11.8 Å². The van der Waals surface area contributed by atoms with E-state index >= 15 is 0 Å². The Bertz CT molecular complexity index is 493. The van der Waals surface area contributed by atoms with E-state index in [1.54, 1.807) is 18.0 Å². The van der Waals surface area contributed by atoms with Crippen molar-refractivity contribution in [1.82, 2.24) is 9.80 Å². The minimum absolute atomic E-state index is 0.0231. The van der Waals surface area contributed by atoms with Crippen molar-refractivity contribution in [3.63, 3.8) is 0 Å². The first-order valence-electron chi connectivity index (χ1n) is 7.01. The highest BCUT2D eigenvalue weighted by Gasteiger charge is 2.26. The van der Waals surface area contributed by atoms with Gasteiger partial charge in [-0.25, -0.2) is 0 Å². The van der Waals surface area contributed by atoms with Gasteiger partial charge in [-0.05, 0) is 44.1 Å². The average Bonchev–Trinajstić information content (AvgIpc) is 2.87. The molecule has 1 aliphatic rings. The van der Waals surface area contributed by atoms with E-state index in [4.69, 9.17) is 11.6 Å². The number of benzene rings is 1. The van der Waals surface area contributed by atoms with Gasteiger partial charge >= 0.3 is 0 Å². The van der Waals surface area contributed by atoms with Gasteiger partial charge in [0, 0.05) is 24.7 Å². The lowest BCUT2D eigenvalue weighted by molar-refractivity contribution is 0.0751. The van der Waals surface area contributed by atoms with Crippen molar-refractivity contribution in [2.24, 2.45) is 0 Å². The van der Waals surface area contributed by atoms with Crippen LogP contribution in [0.25, 0.3) is 0 Å². The summed E-state index contributed by atoms with van der Waals surface area (Å²) in [6.45, 7) is 4.93. The van der Waals surface area contributed by atoms with Gasteiger partial charge in [0.2, 0.25) is 0 Å². The van der Waals surface area contributed by atoms with Crippen LogP contribution < -0.4 is 0 Å². The van der Waals surface area contributed by atoms with Crippen LogP contribution in [0, 0.1) is 0 Å². The molecule has 0 spiro atoms. The number of hydrogen-bond donors (Lipinski definition) is 1. The van der Waals surface area contributed by atoms with Crippen LogP contribution in [0.3, 0.4) is 0 Å². The van der Waals surface area contributed by atoms with Crippen molar-refractivity contribution in [2.75, 3.05) is 26.7 Å². The van der Waals surface area contributed by atoms with Gasteiger partial charge in [0.15, 0.2) is 0 Å². The number of carbonyl (C=O) groups is 1. The number of nitrogens with zero attached hydrogens (tertiary/aromatic N) is 2. The first kappa shape index (κ1) is 15.1. The van der Waals surface area contributed by atoms with Gasteiger partial charge in [-0.2, -0.15) is 0 Å². The van der Waals surface area contributed by atoms with Crippen LogP contribution in [0.2, 0.25) is 5.02 Å². The van der Waals surface area contributed by atoms with Gasteiger partial charge in [0.05, 0.1) is 5.56 Å². The third-order valence-electron chi connectivity index (χ3n) is 3.93. The maximum atomic E-state index is 12.4. The molecule has 20 heavy (non-hydrogen) atoms. The number of likely N-dealkylation sites (N-methyl/N-ethyl adjacent to an activating group) is 2. The number of aromatic hydroxyl groups is 1. The maximum Gasteiger partial charge on any atom is 0.257 e. The monoisotopic (exact) mass is 296 g/mol. The Hall–Kier alpha value is -1.26. The number of rotatable bonds is 4. The van der Waals surface area contributed by atoms with E-state index < -0.39 is 0 Å². The molecule has 1 aliphatic heterocycles. The molecule has 110 valence electrons. The molecule has 1 heterocycles. The smallest absolute Gasteiger partial charge is 0.257 e. The largest absolute Gasteiger partial charge is 0.507 e. The van der Waals surface area contributed by atoms with E-state index in [0.717, 1.165) is 19.5 Å². The molecular formula is C15H21ClN2O2. The number of phenols is 1. The van der Waals surface area contributed by atoms with Crippen molar-refractivity contribution >= 4 is 17.5 Å². The van der Waals surface area contributed by atoms with Gasteiger partial charge < -0.3 is 10.0 Å². The van der Waals surface area contributed by atoms with E-state index in [-0.39, 0.29) is 17.2 Å². The Morgan fingerprint density at radius 2 is 2.30 bits per heavy atom. The summed E-state index contributed by atoms with van der Waals surface area (Å²) in [5.41, 5.74) is 0.265. The molecule has 0 bridgehead atoms. The third-order valence-corrected chi connectivity index (χ3v) is 4.16. The summed E-state index contributed by atoms with van der Waals surface area (Å²) in [5, 5.41) is 10.3. The van der Waals surface area contributed by atoms with Gasteiger partial charge in [0.1, 0.15) is 5.75 Å². The third kappa shape index (κ3) is 3.25. The second-order valence-corrected chi connectivity index (χ2v) is 5.71. The first-order chi connectivity index (χ1) is 9.52. The molecule has 1 aromatic rings. The van der Waals surface area contributed by atoms with Gasteiger partial charge in [-0.3, -0.25) is 9.69 Å². The fourth-order valence-corrected chi connectivity index (χ4v) is 2.97. The van der Waals surface area contributed by atoms with Crippen LogP contribution in [0.1, 0.15) is 30.1 Å². The first-order valence-corrected chi connectivity index (χ1v) is 7.38. The summed E-state index contributed by atoms with van der Waals surface area (Å²) in [6, 6.07) is 4.96. The fraction of sp³-hybridized carbons (Fsp3) is 0.533. The molecule has 0 aliphatic carbocycles. The molecule has 1 aromatic carbocycles. The lowest BCUT2D eigenvalue weighted by Crippen LogP contribution is -2.41. The van der Waals surface area contributed by atoms with E-state index in [0.29, 0.717) is 17.6 Å². The number of carbonyl (C=O) groups excluding carboxylic acids is 1. The minimum Gasteiger partial charge on any atom is -0.507 e. The van der Waals surface area contributed by atoms with E-state index in [9.17, 15) is 9.90 Å². The number of halogens is 1. The summed E-state index contributed by atoms with van der Waals surface area (Å²) in [7, 11) is 1.77. The van der Waals surface area contributed by atoms with Crippen molar-refractivity contribution < 1.29 is 9.90 Å². The van der Waals surface area contributed by atoms with Crippen LogP contribution in [-0.2, 0) is 0 Å². The van der Waals surface area contributed by atoms with Gasteiger partial charge in [-0.15, -0.1) is 0 Å². The number of hydrogen-bond acceptors (Lipinski definition) is 3. The molecule has 1 fully saturated rings. The second kappa shape index (κ2) is 6.46. The highest BCUT2D eigenvalue weighted by Crippen LogP contribution is 2.24. The van der Waals surface area contributed by atoms with Crippen LogP contribution in [-0.4, -0.2) is 53.5 Å². The maximum absolute atomic E-state index is 12.4. The molecule has 0 aromatic heterocycles. The summed E-state index contributed by atoms with van der Waals surface area (Å²) in [4.78, 5) is 16.5. The molecule has 1 atom stereocenters. The molecule has 4 nitrogen and oxygen atoms in total. The minimum atomic E-state index is -0.187. The lowest BCUT2D eigenvalue weighted by atomic mass is 10.1. The van der Waals surface area contributed by atoms with Crippen molar-refractivity contribution in [2.45, 2.75) is 25.8 Å². The van der Waals surface area contributed by atoms with Crippen LogP contribution in [0.15, 0.2) is 18.2 Å². The Kier molecular flexibility index (Phi) is 4.89. The molecule has 0 radical (unpaired) electrons. The topological polar surface area (TPSA) is 43.8 Å². The number of likely N-dealkylation sites (tertiary alicyclic amines) is 1. The molecule has 1 unspecified atom stereocenters. The van der Waals surface area contributed by atoms with Crippen LogP contribution >= 0.6 is 11.6 Å². The Labute approximate surface area is 124 Å². The molecule has 5 heteroatoms. The Morgan fingerprint density at radius 3 is 3.00 bits per heavy atom. The quantitative estimate of drug-likeness (QED) is 0.929. The molecule has 2 rings (SSSR count). The molecular weight excluding hydrogens is 276 g/mol. The van der Waals surface area contributed by atoms with Crippen molar-refractivity contribution in [3.05, 3.63) is 28.8 Å². The van der Waals surface area contributed by atoms with E-state index in [1.165, 1.54) is 18.6 Å².